The number of amides is 3. The Balaban J connectivity index is 0.000000340. The molecule has 29 N–H and O–H groups in total. The number of β-amino-alcohol motifs (C(OH)–C–C–N with tert-alkyl or cyclic N) is 1. The van der Waals surface area contributed by atoms with Gasteiger partial charge >= 0.3 is 59.7 Å². The van der Waals surface area contributed by atoms with E-state index in [1.54, 1.807) is 26.9 Å². The lowest BCUT2D eigenvalue weighted by molar-refractivity contribution is -0.173. The number of rotatable bonds is 54. The fraction of sp³-hybridized carbons (Fsp3) is 0.787. The summed E-state index contributed by atoms with van der Waals surface area (Å²) in [6.07, 6.45) is 19.8. The first-order valence-electron chi connectivity index (χ1n) is 47.1. The van der Waals surface area contributed by atoms with Crippen molar-refractivity contribution in [3.8, 4) is 0 Å². The number of carboxylic acid groups (broad SMARTS) is 8. The standard InChI is InChI=1S/C20H38N4O3.C18H28N4O7.C16H29NO6.C14H24N4O4.C12H19NO6.C9H17NO4/c21-9-12-24(13-10-22)14-11-23-19(25)17-5-1-15(2-6-17)16-3-7-18(8-4-16)20(26)27;19-3-6-22(7-4-20)8-5-21-15(23)11-9-1-2-10(12(11)16(24)25)14(18(28)29)13(9)17(26)27;18-9-6-17(7-10-19)8-11-23-15(20)12-14(16(21)22)13-4-2-1-3-5-13;15-3-6-18(7-4-16)8-5-17-13(19)11-9-1-2-10(22-9)12(11)14(20)21;1-8-9(11(16)17)10(8)12(18)19-7-4-13(2-5-14)3-6-15;11-6-7(12)5-10-4-2-1-3-8(10)9(13)14/h15-18H,1-14,21-22H2,(H,23,25)(H,26,27);1-2,9-14H,3-8,19-20H2,(H,21,23)(H,24,25)(H,26,27)(H,28,29);13-14,18-19H,1-12H2,(H,21,22);1-2,9-12H,3-8,15-16H2,(H,17,19)(H,20,21);9-10,14-15H,1-7H2,(H,16,17);7-8,11-12H,1-6H2,(H,13,14). The van der Waals surface area contributed by atoms with Crippen LogP contribution >= 0.6 is 0 Å². The number of carbonyl (C=O) groups is 13. The van der Waals surface area contributed by atoms with Crippen LogP contribution < -0.4 is 50.4 Å². The SMILES string of the molecule is C=C1C(C(=O)O)C1C(=O)OCCN(CCO)CCO.NCCN(CCN)CCNC(=O)C1C2C=CC(C(C(=O)O)C2C(=O)O)C1C(=O)O.NCCN(CCN)CCNC(=O)C1C2C=CC(O2)C1C(=O)O.NCCN(CCN)CCNC(=O)C1CCC(C2CCC(C(=O)O)CC2)CC1.O=C(CC(C(=O)O)C1CCCCC1)OCCN(CCO)CCO.O=C(O)C1CCCCN1CC(O)CO. The van der Waals surface area contributed by atoms with Crippen LogP contribution in [-0.4, -0.2) is 419 Å². The maximum Gasteiger partial charge on any atom is 0.320 e. The predicted octanol–water partition coefficient (Wildman–Crippen LogP) is -4.68. The van der Waals surface area contributed by atoms with Crippen LogP contribution in [0.5, 0.6) is 0 Å². The molecule has 10 aliphatic rings. The minimum absolute atomic E-state index is 0.0310. The number of ether oxygens (including phenoxy) is 3. The highest BCUT2D eigenvalue weighted by atomic mass is 16.5. The summed E-state index contributed by atoms with van der Waals surface area (Å²) in [7, 11) is 0. The minimum Gasteiger partial charge on any atom is -0.481 e. The molecule has 4 bridgehead atoms. The van der Waals surface area contributed by atoms with E-state index in [0.29, 0.717) is 161 Å². The van der Waals surface area contributed by atoms with Crippen molar-refractivity contribution >= 4 is 77.4 Å². The average Bonchev–Trinajstić information content (AvgIpc) is 1.07. The average molecular weight is 1920 g/mol. The fourth-order valence-corrected chi connectivity index (χ4v) is 19.4. The van der Waals surface area contributed by atoms with E-state index in [-0.39, 0.29) is 95.3 Å². The number of esters is 2. The Kier molecular flexibility index (Phi) is 56.8. The summed E-state index contributed by atoms with van der Waals surface area (Å²) in [5, 5.41) is 136. The Morgan fingerprint density at radius 1 is 0.410 bits per heavy atom. The zero-order chi connectivity index (χ0) is 99.5. The van der Waals surface area contributed by atoms with Gasteiger partial charge in [0.2, 0.25) is 17.7 Å². The number of aliphatic hydroxyl groups is 6. The van der Waals surface area contributed by atoms with Crippen molar-refractivity contribution in [2.45, 2.75) is 134 Å². The third-order valence-corrected chi connectivity index (χ3v) is 26.4. The van der Waals surface area contributed by atoms with Gasteiger partial charge in [0.15, 0.2) is 0 Å². The molecule has 5 saturated carbocycles. The second-order valence-corrected chi connectivity index (χ2v) is 35.3. The second kappa shape index (κ2) is 64.6. The summed E-state index contributed by atoms with van der Waals surface area (Å²) in [5.74, 6) is -19.8. The summed E-state index contributed by atoms with van der Waals surface area (Å²) >= 11 is 0. The van der Waals surface area contributed by atoms with E-state index >= 15 is 0 Å². The molecule has 3 amide bonds. The molecule has 134 heavy (non-hydrogen) atoms. The lowest BCUT2D eigenvalue weighted by Gasteiger charge is -2.48. The number of allylic oxidation sites excluding steroid dienone is 2. The first-order valence-corrected chi connectivity index (χ1v) is 47.1. The van der Waals surface area contributed by atoms with E-state index in [1.807, 2.05) is 4.90 Å². The van der Waals surface area contributed by atoms with Gasteiger partial charge in [-0.3, -0.25) is 91.7 Å². The number of nitrogens with zero attached hydrogens (tertiary/aromatic N) is 6. The molecule has 45 nitrogen and oxygen atoms in total. The Morgan fingerprint density at radius 3 is 1.19 bits per heavy atom. The maximum atomic E-state index is 12.8. The molecule has 10 rings (SSSR count). The highest BCUT2D eigenvalue weighted by Gasteiger charge is 2.61. The van der Waals surface area contributed by atoms with Gasteiger partial charge in [-0.05, 0) is 107 Å². The van der Waals surface area contributed by atoms with Crippen LogP contribution in [0.4, 0.5) is 0 Å². The summed E-state index contributed by atoms with van der Waals surface area (Å²) in [6.45, 7) is 17.0. The van der Waals surface area contributed by atoms with Crippen molar-refractivity contribution < 1.29 is 148 Å². The molecule has 0 radical (unpaired) electrons. The number of aliphatic carboxylic acids is 8. The highest BCUT2D eigenvalue weighted by Crippen LogP contribution is 2.52. The first kappa shape index (κ1) is 118. The van der Waals surface area contributed by atoms with Crippen LogP contribution in [-0.2, 0) is 76.5 Å². The van der Waals surface area contributed by atoms with E-state index in [9.17, 15) is 93.0 Å². The number of aliphatic hydroxyl groups excluding tert-OH is 6. The van der Waals surface area contributed by atoms with E-state index in [0.717, 1.165) is 116 Å². The van der Waals surface area contributed by atoms with E-state index in [1.165, 1.54) is 12.2 Å². The number of nitrogens with one attached hydrogen (secondary N) is 3. The molecule has 7 fully saturated rings. The first-order chi connectivity index (χ1) is 64.1. The molecule has 7 aliphatic carbocycles. The van der Waals surface area contributed by atoms with Crippen LogP contribution in [0.15, 0.2) is 36.5 Å². The predicted molar refractivity (Wildman–Crippen MR) is 486 cm³/mol. The molecular weight excluding hydrogens is 1760 g/mol. The molecule has 45 heteroatoms. The van der Waals surface area contributed by atoms with Crippen LogP contribution in [0.2, 0.25) is 0 Å². The number of likely N-dealkylation sites (tertiary alicyclic amines) is 1. The fourth-order valence-electron chi connectivity index (χ4n) is 19.4. The summed E-state index contributed by atoms with van der Waals surface area (Å²) < 4.78 is 15.6. The number of carboxylic acids is 8. The highest BCUT2D eigenvalue weighted by molar-refractivity contribution is 5.94. The zero-order valence-electron chi connectivity index (χ0n) is 77.4. The molecule has 0 spiro atoms. The van der Waals surface area contributed by atoms with E-state index in [2.05, 4.69) is 32.3 Å². The molecule has 0 aromatic rings. The van der Waals surface area contributed by atoms with Gasteiger partial charge in [-0.1, -0.05) is 56.6 Å². The van der Waals surface area contributed by atoms with Crippen molar-refractivity contribution in [1.29, 1.82) is 0 Å². The zero-order valence-corrected chi connectivity index (χ0v) is 77.4. The number of carbonyl (C=O) groups excluding carboxylic acids is 5. The van der Waals surface area contributed by atoms with Crippen molar-refractivity contribution in [3.05, 3.63) is 36.5 Å². The molecule has 3 heterocycles. The summed E-state index contributed by atoms with van der Waals surface area (Å²) in [5.41, 5.74) is 33.7. The van der Waals surface area contributed by atoms with Crippen LogP contribution in [0, 0.1) is 94.7 Å². The van der Waals surface area contributed by atoms with Gasteiger partial charge in [0.1, 0.15) is 25.2 Å². The topological polar surface area (TPSA) is 744 Å². The van der Waals surface area contributed by atoms with Gasteiger partial charge in [0.05, 0.1) is 111 Å². The quantitative estimate of drug-likeness (QED) is 0.0201. The van der Waals surface area contributed by atoms with E-state index in [4.69, 9.17) is 89.5 Å². The van der Waals surface area contributed by atoms with Crippen LogP contribution in [0.3, 0.4) is 0 Å². The molecular formula is C89H155N15O30. The summed E-state index contributed by atoms with van der Waals surface area (Å²) in [4.78, 5) is 163. The Bertz CT molecular complexity index is 3620. The third-order valence-electron chi connectivity index (χ3n) is 26.4. The van der Waals surface area contributed by atoms with Gasteiger partial charge in [-0.2, -0.15) is 0 Å². The van der Waals surface area contributed by atoms with Crippen LogP contribution in [0.25, 0.3) is 0 Å². The van der Waals surface area contributed by atoms with Gasteiger partial charge in [-0.15, -0.1) is 0 Å². The molecule has 15 atom stereocenters. The second-order valence-electron chi connectivity index (χ2n) is 35.3. The Hall–Kier alpha value is -8.43. The van der Waals surface area contributed by atoms with Gasteiger partial charge in [0.25, 0.3) is 0 Å². The molecule has 3 aliphatic heterocycles. The normalized spacial score (nSPS) is 25.9. The number of fused-ring (bicyclic) bond motifs is 4. The van der Waals surface area contributed by atoms with Gasteiger partial charge in [0, 0.05) is 181 Å². The van der Waals surface area contributed by atoms with Gasteiger partial charge in [-0.25, -0.2) is 0 Å². The maximum absolute atomic E-state index is 12.8. The Morgan fingerprint density at radius 2 is 0.799 bits per heavy atom. The number of hydrogen-bond donors (Lipinski definition) is 23. The van der Waals surface area contributed by atoms with Crippen molar-refractivity contribution in [2.75, 3.05) is 216 Å². The third kappa shape index (κ3) is 39.6. The molecule has 15 unspecified atom stereocenters. The molecule has 0 aromatic heterocycles. The molecule has 766 valence electrons. The lowest BCUT2D eigenvalue weighted by Crippen LogP contribution is -2.59. The number of piperidine rings is 1. The minimum atomic E-state index is -1.39. The Labute approximate surface area is 783 Å². The molecule has 0 aromatic carbocycles. The smallest absolute Gasteiger partial charge is 0.320 e. The monoisotopic (exact) mass is 1910 g/mol. The lowest BCUT2D eigenvalue weighted by atomic mass is 9.53. The largest absolute Gasteiger partial charge is 0.481 e. The van der Waals surface area contributed by atoms with Crippen molar-refractivity contribution in [3.63, 3.8) is 0 Å². The number of nitrogens with two attached hydrogens (primary N) is 6. The number of hydrogen-bond acceptors (Lipinski definition) is 34. The summed E-state index contributed by atoms with van der Waals surface area (Å²) in [6, 6.07) is -0.495. The van der Waals surface area contributed by atoms with E-state index < -0.39 is 155 Å². The van der Waals surface area contributed by atoms with Gasteiger partial charge < -0.3 is 136 Å². The molecule has 2 saturated heterocycles. The van der Waals surface area contributed by atoms with Crippen LogP contribution in [0.1, 0.15) is 109 Å². The van der Waals surface area contributed by atoms with Crippen molar-refractivity contribution in [1.82, 2.24) is 45.3 Å². The van der Waals surface area contributed by atoms with Crippen molar-refractivity contribution in [2.24, 2.45) is 129 Å².